The molecule has 1 nitrogen and oxygen atoms in total. The molecule has 5 heteroatoms. The van der Waals surface area contributed by atoms with Crippen LogP contribution in [-0.4, -0.2) is 0 Å². The predicted octanol–water partition coefficient (Wildman–Crippen LogP) is 4.51. The predicted molar refractivity (Wildman–Crippen MR) is 73.3 cm³/mol. The van der Waals surface area contributed by atoms with E-state index in [1.54, 1.807) is 13.0 Å². The van der Waals surface area contributed by atoms with Crippen LogP contribution >= 0.6 is 0 Å². The Morgan fingerprint density at radius 3 is 2.29 bits per heavy atom. The fourth-order valence-electron chi connectivity index (χ4n) is 2.27. The molecule has 2 rings (SSSR count). The van der Waals surface area contributed by atoms with Crippen molar-refractivity contribution in [3.05, 3.63) is 70.0 Å². The molecule has 0 aliphatic rings. The van der Waals surface area contributed by atoms with Gasteiger partial charge in [0.15, 0.2) is 0 Å². The first-order valence-corrected chi connectivity index (χ1v) is 6.40. The zero-order valence-electron chi connectivity index (χ0n) is 11.6. The van der Waals surface area contributed by atoms with Crippen LogP contribution in [-0.2, 0) is 6.18 Å². The molecule has 1 atom stereocenters. The van der Waals surface area contributed by atoms with Gasteiger partial charge >= 0.3 is 6.18 Å². The number of hydrogen-bond donors (Lipinski definition) is 1. The quantitative estimate of drug-likeness (QED) is 0.811. The van der Waals surface area contributed by atoms with Crippen LogP contribution in [0.2, 0.25) is 0 Å². The Morgan fingerprint density at radius 1 is 1.00 bits per heavy atom. The summed E-state index contributed by atoms with van der Waals surface area (Å²) in [7, 11) is 0. The molecule has 0 saturated heterocycles. The van der Waals surface area contributed by atoms with E-state index >= 15 is 0 Å². The van der Waals surface area contributed by atoms with Crippen molar-refractivity contribution in [2.75, 3.05) is 0 Å². The van der Waals surface area contributed by atoms with Crippen molar-refractivity contribution in [2.45, 2.75) is 26.1 Å². The highest BCUT2D eigenvalue weighted by Crippen LogP contribution is 2.35. The Hall–Kier alpha value is -1.88. The highest BCUT2D eigenvalue weighted by atomic mass is 19.4. The van der Waals surface area contributed by atoms with Gasteiger partial charge in [-0.1, -0.05) is 35.9 Å². The van der Waals surface area contributed by atoms with Gasteiger partial charge in [-0.2, -0.15) is 13.2 Å². The molecule has 0 amide bonds. The molecular formula is C16H15F4N. The van der Waals surface area contributed by atoms with E-state index in [2.05, 4.69) is 0 Å². The van der Waals surface area contributed by atoms with Gasteiger partial charge in [-0.05, 0) is 31.0 Å². The van der Waals surface area contributed by atoms with Crippen LogP contribution in [0.1, 0.15) is 33.9 Å². The third kappa shape index (κ3) is 3.08. The summed E-state index contributed by atoms with van der Waals surface area (Å²) in [5, 5.41) is 0. The summed E-state index contributed by atoms with van der Waals surface area (Å²) in [5.74, 6) is -1.31. The monoisotopic (exact) mass is 297 g/mol. The van der Waals surface area contributed by atoms with Gasteiger partial charge in [0.05, 0.1) is 11.6 Å². The molecule has 0 fully saturated rings. The molecule has 21 heavy (non-hydrogen) atoms. The van der Waals surface area contributed by atoms with E-state index in [4.69, 9.17) is 5.73 Å². The van der Waals surface area contributed by atoms with Crippen LogP contribution in [0.3, 0.4) is 0 Å². The molecule has 0 spiro atoms. The topological polar surface area (TPSA) is 26.0 Å². The molecule has 0 heterocycles. The highest BCUT2D eigenvalue weighted by molar-refractivity contribution is 5.41. The summed E-state index contributed by atoms with van der Waals surface area (Å²) < 4.78 is 52.4. The summed E-state index contributed by atoms with van der Waals surface area (Å²) in [6, 6.07) is 7.69. The van der Waals surface area contributed by atoms with Gasteiger partial charge in [0.2, 0.25) is 0 Å². The van der Waals surface area contributed by atoms with Crippen LogP contribution in [0.4, 0.5) is 17.6 Å². The van der Waals surface area contributed by atoms with Gasteiger partial charge in [-0.15, -0.1) is 0 Å². The first kappa shape index (κ1) is 15.5. The summed E-state index contributed by atoms with van der Waals surface area (Å²) in [6.45, 7) is 3.64. The lowest BCUT2D eigenvalue weighted by molar-refractivity contribution is -0.140. The minimum Gasteiger partial charge on any atom is -0.320 e. The number of halogens is 4. The molecule has 0 saturated carbocycles. The van der Waals surface area contributed by atoms with Crippen LogP contribution in [0, 0.1) is 19.7 Å². The molecule has 2 aromatic carbocycles. The van der Waals surface area contributed by atoms with Crippen molar-refractivity contribution in [1.82, 2.24) is 0 Å². The van der Waals surface area contributed by atoms with Crippen molar-refractivity contribution >= 4 is 0 Å². The number of benzene rings is 2. The second-order valence-electron chi connectivity index (χ2n) is 5.04. The van der Waals surface area contributed by atoms with E-state index in [0.717, 1.165) is 11.1 Å². The second-order valence-corrected chi connectivity index (χ2v) is 5.04. The highest BCUT2D eigenvalue weighted by Gasteiger charge is 2.35. The lowest BCUT2D eigenvalue weighted by Gasteiger charge is -2.19. The summed E-state index contributed by atoms with van der Waals surface area (Å²) in [5.41, 5.74) is 6.89. The van der Waals surface area contributed by atoms with Gasteiger partial charge in [0.25, 0.3) is 0 Å². The molecule has 0 radical (unpaired) electrons. The SMILES string of the molecule is Cc1ccc(C)c(C(N)c2cccc(C(F)(F)F)c2F)c1. The number of nitrogens with two attached hydrogens (primary N) is 1. The largest absolute Gasteiger partial charge is 0.419 e. The normalized spacial score (nSPS) is 13.3. The van der Waals surface area contributed by atoms with Crippen LogP contribution < -0.4 is 5.73 Å². The molecule has 0 aliphatic carbocycles. The summed E-state index contributed by atoms with van der Waals surface area (Å²) in [4.78, 5) is 0. The number of aryl methyl sites for hydroxylation is 2. The third-order valence-electron chi connectivity index (χ3n) is 3.44. The second kappa shape index (κ2) is 5.48. The van der Waals surface area contributed by atoms with Gasteiger partial charge < -0.3 is 5.73 Å². The number of hydrogen-bond acceptors (Lipinski definition) is 1. The summed E-state index contributed by atoms with van der Waals surface area (Å²) in [6.07, 6.45) is -4.73. The molecule has 0 aromatic heterocycles. The number of alkyl halides is 3. The Balaban J connectivity index is 2.54. The van der Waals surface area contributed by atoms with Gasteiger partial charge in [-0.3, -0.25) is 0 Å². The van der Waals surface area contributed by atoms with Crippen LogP contribution in [0.5, 0.6) is 0 Å². The third-order valence-corrected chi connectivity index (χ3v) is 3.44. The van der Waals surface area contributed by atoms with E-state index in [9.17, 15) is 17.6 Å². The van der Waals surface area contributed by atoms with Crippen molar-refractivity contribution < 1.29 is 17.6 Å². The van der Waals surface area contributed by atoms with E-state index in [-0.39, 0.29) is 5.56 Å². The minimum atomic E-state index is -4.73. The number of rotatable bonds is 2. The van der Waals surface area contributed by atoms with Gasteiger partial charge in [-0.25, -0.2) is 4.39 Å². The molecule has 2 N–H and O–H groups in total. The van der Waals surface area contributed by atoms with Crippen LogP contribution in [0.15, 0.2) is 36.4 Å². The Labute approximate surface area is 120 Å². The first-order chi connectivity index (χ1) is 9.71. The Morgan fingerprint density at radius 2 is 1.67 bits per heavy atom. The van der Waals surface area contributed by atoms with Crippen molar-refractivity contribution in [3.8, 4) is 0 Å². The van der Waals surface area contributed by atoms with E-state index in [0.29, 0.717) is 11.6 Å². The molecule has 1 unspecified atom stereocenters. The van der Waals surface area contributed by atoms with E-state index < -0.39 is 23.6 Å². The van der Waals surface area contributed by atoms with Crippen molar-refractivity contribution in [1.29, 1.82) is 0 Å². The maximum absolute atomic E-state index is 14.1. The molecular weight excluding hydrogens is 282 g/mol. The van der Waals surface area contributed by atoms with Gasteiger partial charge in [0, 0.05) is 5.56 Å². The zero-order chi connectivity index (χ0) is 15.8. The maximum Gasteiger partial charge on any atom is 0.419 e. The molecule has 2 aromatic rings. The lowest BCUT2D eigenvalue weighted by atomic mass is 9.93. The fourth-order valence-corrected chi connectivity index (χ4v) is 2.27. The maximum atomic E-state index is 14.1. The average molecular weight is 297 g/mol. The Kier molecular flexibility index (Phi) is 4.05. The van der Waals surface area contributed by atoms with Crippen molar-refractivity contribution in [3.63, 3.8) is 0 Å². The van der Waals surface area contributed by atoms with E-state index in [1.807, 2.05) is 19.1 Å². The Bertz CT molecular complexity index is 662. The minimum absolute atomic E-state index is 0.154. The average Bonchev–Trinajstić information content (AvgIpc) is 2.39. The smallest absolute Gasteiger partial charge is 0.320 e. The van der Waals surface area contributed by atoms with Crippen molar-refractivity contribution in [2.24, 2.45) is 5.73 Å². The molecule has 0 bridgehead atoms. The standard InChI is InChI=1S/C16H15F4N/c1-9-6-7-10(2)12(8-9)15(21)11-4-3-5-13(14(11)17)16(18,19)20/h3-8,15H,21H2,1-2H3. The van der Waals surface area contributed by atoms with Crippen LogP contribution in [0.25, 0.3) is 0 Å². The lowest BCUT2D eigenvalue weighted by Crippen LogP contribution is -2.18. The molecule has 0 aliphatic heterocycles. The first-order valence-electron chi connectivity index (χ1n) is 6.40. The fraction of sp³-hybridized carbons (Fsp3) is 0.250. The van der Waals surface area contributed by atoms with E-state index in [1.165, 1.54) is 12.1 Å². The molecule has 112 valence electrons. The summed E-state index contributed by atoms with van der Waals surface area (Å²) >= 11 is 0. The zero-order valence-corrected chi connectivity index (χ0v) is 11.6. The van der Waals surface area contributed by atoms with Gasteiger partial charge in [0.1, 0.15) is 5.82 Å².